The maximum absolute atomic E-state index is 14.5. The third-order valence-corrected chi connectivity index (χ3v) is 15.1. The second kappa shape index (κ2) is 25.0. The molecule has 0 unspecified atom stereocenters. The number of ketones is 2. The zero-order valence-electron chi connectivity index (χ0n) is 40.6. The van der Waals surface area contributed by atoms with E-state index in [1.807, 2.05) is 32.1 Å². The molecule has 4 fully saturated rings. The Bertz CT molecular complexity index is 1680. The van der Waals surface area contributed by atoms with Crippen LogP contribution in [0.15, 0.2) is 35.5 Å². The summed E-state index contributed by atoms with van der Waals surface area (Å²) in [6, 6.07) is -0.642. The lowest BCUT2D eigenvalue weighted by molar-refractivity contribution is -0.302. The monoisotopic (exact) mass is 915 g/mol. The van der Waals surface area contributed by atoms with Crippen molar-refractivity contribution >= 4 is 23.4 Å². The topological polar surface area (TPSA) is 190 Å². The van der Waals surface area contributed by atoms with E-state index < -0.39 is 83.9 Å². The van der Waals surface area contributed by atoms with Gasteiger partial charge in [-0.3, -0.25) is 14.4 Å². The minimum Gasteiger partial charge on any atom is -0.456 e. The molecule has 3 heterocycles. The van der Waals surface area contributed by atoms with E-state index in [4.69, 9.17) is 23.7 Å². The summed E-state index contributed by atoms with van der Waals surface area (Å²) in [6.45, 7) is 10.1. The van der Waals surface area contributed by atoms with E-state index >= 15 is 0 Å². The fourth-order valence-electron chi connectivity index (χ4n) is 11.1. The summed E-state index contributed by atoms with van der Waals surface area (Å²) >= 11 is 0. The summed E-state index contributed by atoms with van der Waals surface area (Å²) < 4.78 is 30.1. The Hall–Kier alpha value is -2.82. The molecule has 2 saturated heterocycles. The summed E-state index contributed by atoms with van der Waals surface area (Å²) in [5.41, 5.74) is 1.65. The molecule has 0 aromatic rings. The number of nitrogens with one attached hydrogen (secondary N) is 1. The first-order chi connectivity index (χ1) is 31.0. The number of aliphatic hydroxyl groups excluding tert-OH is 2. The van der Waals surface area contributed by atoms with Gasteiger partial charge in [-0.25, -0.2) is 4.79 Å². The van der Waals surface area contributed by atoms with Gasteiger partial charge in [0.2, 0.25) is 5.79 Å². The highest BCUT2D eigenvalue weighted by Crippen LogP contribution is 2.39. The van der Waals surface area contributed by atoms with Crippen LogP contribution >= 0.6 is 0 Å². The number of hydrogen-bond donors (Lipinski definition) is 4. The average molecular weight is 915 g/mol. The molecule has 0 radical (unpaired) electrons. The van der Waals surface area contributed by atoms with Crippen LogP contribution in [-0.4, -0.2) is 139 Å². The van der Waals surface area contributed by atoms with E-state index in [-0.39, 0.29) is 49.5 Å². The summed E-state index contributed by atoms with van der Waals surface area (Å²) in [4.78, 5) is 58.8. The third-order valence-electron chi connectivity index (χ3n) is 15.1. The Balaban J connectivity index is 1.51. The van der Waals surface area contributed by atoms with Crippen molar-refractivity contribution in [1.29, 1.82) is 0 Å². The third kappa shape index (κ3) is 13.9. The summed E-state index contributed by atoms with van der Waals surface area (Å²) in [7, 11) is 4.66. The summed E-state index contributed by atoms with van der Waals surface area (Å²) in [5, 5.41) is 38.3. The number of carbonyl (C=O) groups is 4. The standard InChI is InChI=1S/C51H82N2O12/c1-31-24-32(2)26-44(62-7)47-45(63-8)28-34(4)51(60,65-47)48(57)49(58)53-23-15-13-19-39(53)50(59)64-46(33(3)27-36-20-21-40(54)43(29-36)61-6)35(5)41(55)30-42(56)37(25-31)16-12-14-22-52-38-17-10-9-11-18-38/h12,14,25,27,32,34-41,43-47,52,54-55,60H,9-11,13,15-24,26,28-30H2,1-8H3/b14-12+,31-25+,33-27+/t32-,34+,35+,36-,37+,39-,40+,41-,43+,44-,45-,46+,47+,51+/m0/s1. The van der Waals surface area contributed by atoms with Crippen LogP contribution in [0.25, 0.3) is 0 Å². The van der Waals surface area contributed by atoms with Gasteiger partial charge in [-0.2, -0.15) is 0 Å². The summed E-state index contributed by atoms with van der Waals surface area (Å²) in [6.07, 6.45) is 13.7. The number of ether oxygens (including phenoxy) is 5. The predicted molar refractivity (Wildman–Crippen MR) is 246 cm³/mol. The van der Waals surface area contributed by atoms with Gasteiger partial charge in [-0.05, 0) is 108 Å². The molecule has 0 aromatic heterocycles. The van der Waals surface area contributed by atoms with Crippen molar-refractivity contribution in [3.05, 3.63) is 35.5 Å². The maximum atomic E-state index is 14.5. The SMILES string of the molecule is CO[C@H]1C[C@@H](C)C/C(C)=C/[C@@H](C/C=C/CNC2CCCCC2)C(=O)C[C@H](O)[C@@H](C)[C@@H](/C(C)=C/[C@@H]2CC[C@@H](O)[C@H](OC)C2)OC(=O)[C@@H]2CCCCN2C(=O)C(=O)[C@]2(O)O[C@H]1[C@@H](OC)C[C@H]2C. The molecule has 65 heavy (non-hydrogen) atoms. The van der Waals surface area contributed by atoms with Crippen LogP contribution in [0, 0.1) is 29.6 Å². The molecule has 5 rings (SSSR count). The number of allylic oxidation sites excluding steroid dienone is 4. The number of amides is 1. The van der Waals surface area contributed by atoms with E-state index in [2.05, 4.69) is 18.3 Å². The van der Waals surface area contributed by atoms with E-state index in [0.29, 0.717) is 69.5 Å². The van der Waals surface area contributed by atoms with Gasteiger partial charge in [-0.15, -0.1) is 0 Å². The van der Waals surface area contributed by atoms with Gasteiger partial charge >= 0.3 is 5.97 Å². The molecular weight excluding hydrogens is 833 g/mol. The lowest BCUT2D eigenvalue weighted by Crippen LogP contribution is -2.64. The number of cyclic esters (lactones) is 1. The van der Waals surface area contributed by atoms with Crippen LogP contribution in [-0.2, 0) is 42.9 Å². The Morgan fingerprint density at radius 2 is 1.52 bits per heavy atom. The fourth-order valence-corrected chi connectivity index (χ4v) is 11.1. The van der Waals surface area contributed by atoms with Crippen molar-refractivity contribution in [3.63, 3.8) is 0 Å². The average Bonchev–Trinajstić information content (AvgIpc) is 3.29. The molecule has 14 nitrogen and oxygen atoms in total. The van der Waals surface area contributed by atoms with Gasteiger partial charge in [0.05, 0.1) is 30.5 Å². The Kier molecular flexibility index (Phi) is 20.4. The Morgan fingerprint density at radius 1 is 0.846 bits per heavy atom. The van der Waals surface area contributed by atoms with Crippen molar-refractivity contribution in [1.82, 2.24) is 10.2 Å². The van der Waals surface area contributed by atoms with Gasteiger partial charge < -0.3 is 49.2 Å². The first kappa shape index (κ1) is 53.1. The largest absolute Gasteiger partial charge is 0.456 e. The Labute approximate surface area is 388 Å². The minimum absolute atomic E-state index is 0.00665. The van der Waals surface area contributed by atoms with E-state index in [1.165, 1.54) is 37.0 Å². The highest BCUT2D eigenvalue weighted by Gasteiger charge is 2.56. The molecule has 0 spiro atoms. The first-order valence-corrected chi connectivity index (χ1v) is 24.7. The van der Waals surface area contributed by atoms with Crippen LogP contribution < -0.4 is 5.32 Å². The number of piperidine rings is 1. The number of methoxy groups -OCH3 is 3. The summed E-state index contributed by atoms with van der Waals surface area (Å²) in [5.74, 6) is -7.70. The van der Waals surface area contributed by atoms with Crippen LogP contribution in [0.3, 0.4) is 0 Å². The highest BCUT2D eigenvalue weighted by atomic mass is 16.7. The van der Waals surface area contributed by atoms with E-state index in [1.54, 1.807) is 35.2 Å². The van der Waals surface area contributed by atoms with Gasteiger partial charge in [0.1, 0.15) is 24.0 Å². The van der Waals surface area contributed by atoms with Crippen molar-refractivity contribution < 1.29 is 58.2 Å². The zero-order valence-corrected chi connectivity index (χ0v) is 40.6. The molecule has 2 saturated carbocycles. The van der Waals surface area contributed by atoms with Crippen LogP contribution in [0.1, 0.15) is 137 Å². The second-order valence-electron chi connectivity index (χ2n) is 20.2. The molecular formula is C51H82N2O12. The zero-order chi connectivity index (χ0) is 47.4. The number of hydrogen-bond acceptors (Lipinski definition) is 13. The number of fused-ring (bicyclic) bond motifs is 3. The number of aliphatic hydroxyl groups is 3. The molecule has 14 heteroatoms. The van der Waals surface area contributed by atoms with Crippen LogP contribution in [0.5, 0.6) is 0 Å². The molecule has 4 N–H and O–H groups in total. The molecule has 2 aliphatic carbocycles. The van der Waals surface area contributed by atoms with Crippen molar-refractivity contribution in [2.45, 2.75) is 198 Å². The quantitative estimate of drug-likeness (QED) is 0.115. The fraction of sp³-hybridized carbons (Fsp3) is 0.804. The molecule has 1 amide bonds. The first-order valence-electron chi connectivity index (χ1n) is 24.7. The number of nitrogens with zero attached hydrogens (tertiary/aromatic N) is 1. The second-order valence-corrected chi connectivity index (χ2v) is 20.2. The lowest BCUT2D eigenvalue weighted by Gasteiger charge is -2.47. The van der Waals surface area contributed by atoms with Crippen molar-refractivity contribution in [2.75, 3.05) is 34.4 Å². The molecule has 0 aromatic carbocycles. The van der Waals surface area contributed by atoms with Gasteiger partial charge in [0, 0.05) is 64.6 Å². The normalized spacial score (nSPS) is 39.3. The van der Waals surface area contributed by atoms with Crippen molar-refractivity contribution in [3.8, 4) is 0 Å². The maximum Gasteiger partial charge on any atom is 0.329 e. The highest BCUT2D eigenvalue weighted by molar-refractivity contribution is 6.39. The van der Waals surface area contributed by atoms with Gasteiger partial charge in [0.25, 0.3) is 11.7 Å². The molecule has 5 aliphatic rings. The van der Waals surface area contributed by atoms with E-state index in [0.717, 1.165) is 5.57 Å². The molecule has 3 aliphatic heterocycles. The lowest BCUT2D eigenvalue weighted by atomic mass is 9.81. The number of carbonyl (C=O) groups excluding carboxylic acids is 4. The van der Waals surface area contributed by atoms with Crippen LogP contribution in [0.4, 0.5) is 0 Å². The van der Waals surface area contributed by atoms with Gasteiger partial charge in [0.15, 0.2) is 0 Å². The molecule has 368 valence electrons. The van der Waals surface area contributed by atoms with Gasteiger partial charge in [-0.1, -0.05) is 69.9 Å². The Morgan fingerprint density at radius 3 is 2.22 bits per heavy atom. The molecule has 2 bridgehead atoms. The number of rotatable bonds is 10. The predicted octanol–water partition coefficient (Wildman–Crippen LogP) is 5.93. The number of esters is 1. The number of Topliss-reactive ketones (excluding diaryl/α,β-unsaturated/α-hetero) is 2. The van der Waals surface area contributed by atoms with E-state index in [9.17, 15) is 34.5 Å². The minimum atomic E-state index is -2.52. The van der Waals surface area contributed by atoms with Crippen molar-refractivity contribution in [2.24, 2.45) is 29.6 Å². The smallest absolute Gasteiger partial charge is 0.329 e. The molecule has 14 atom stereocenters. The van der Waals surface area contributed by atoms with Crippen LogP contribution in [0.2, 0.25) is 0 Å².